The normalized spacial score (nSPS) is 19.8. The molecule has 6 nitrogen and oxygen atoms in total. The second-order valence-corrected chi connectivity index (χ2v) is 7.42. The lowest BCUT2D eigenvalue weighted by Crippen LogP contribution is -2.46. The molecule has 1 aromatic carbocycles. The van der Waals surface area contributed by atoms with Gasteiger partial charge in [-0.25, -0.2) is 9.97 Å². The van der Waals surface area contributed by atoms with Crippen LogP contribution in [0, 0.1) is 12.8 Å². The topological polar surface area (TPSA) is 66.4 Å². The Morgan fingerprint density at radius 3 is 2.50 bits per heavy atom. The summed E-state index contributed by atoms with van der Waals surface area (Å²) in [4.78, 5) is 36.9. The van der Waals surface area contributed by atoms with Crippen LogP contribution in [0.1, 0.15) is 33.7 Å². The highest BCUT2D eigenvalue weighted by Gasteiger charge is 2.29. The lowest BCUT2D eigenvalue weighted by atomic mass is 9.85. The summed E-state index contributed by atoms with van der Waals surface area (Å²) in [7, 11) is 0. The summed E-state index contributed by atoms with van der Waals surface area (Å²) < 4.78 is 0. The number of carbonyl (C=O) groups is 2. The van der Waals surface area contributed by atoms with Gasteiger partial charge in [0, 0.05) is 32.6 Å². The van der Waals surface area contributed by atoms with Crippen LogP contribution >= 0.6 is 0 Å². The second kappa shape index (κ2) is 7.92. The average Bonchev–Trinajstić information content (AvgIpc) is 2.72. The first-order valence-electron chi connectivity index (χ1n) is 9.72. The molecule has 28 heavy (non-hydrogen) atoms. The van der Waals surface area contributed by atoms with Gasteiger partial charge in [-0.2, -0.15) is 0 Å². The molecular formula is C22H24N4O2. The summed E-state index contributed by atoms with van der Waals surface area (Å²) in [5.74, 6) is 0.940. The van der Waals surface area contributed by atoms with Crippen molar-refractivity contribution >= 4 is 24.2 Å². The molecule has 0 saturated carbocycles. The Bertz CT molecular complexity index is 902. The van der Waals surface area contributed by atoms with E-state index in [2.05, 4.69) is 34.2 Å². The van der Waals surface area contributed by atoms with Crippen molar-refractivity contribution in [2.45, 2.75) is 19.8 Å². The van der Waals surface area contributed by atoms with Crippen molar-refractivity contribution in [3.05, 3.63) is 58.9 Å². The summed E-state index contributed by atoms with van der Waals surface area (Å²) in [5.41, 5.74) is 3.43. The Kier molecular flexibility index (Phi) is 5.19. The Morgan fingerprint density at radius 1 is 1.04 bits per heavy atom. The largest absolute Gasteiger partial charge is 0.342 e. The first-order valence-corrected chi connectivity index (χ1v) is 9.72. The number of carbonyl (C=O) groups excluding carboxylic acids is 2. The third kappa shape index (κ3) is 3.81. The van der Waals surface area contributed by atoms with Gasteiger partial charge in [0.1, 0.15) is 0 Å². The third-order valence-electron chi connectivity index (χ3n) is 5.44. The quantitative estimate of drug-likeness (QED) is 0.767. The molecule has 0 bridgehead atoms. The molecule has 1 amide bonds. The highest BCUT2D eigenvalue weighted by atomic mass is 16.1. The van der Waals surface area contributed by atoms with Gasteiger partial charge in [-0.15, -0.1) is 0 Å². The van der Waals surface area contributed by atoms with E-state index in [1.54, 1.807) is 4.90 Å². The maximum absolute atomic E-state index is 12.7. The van der Waals surface area contributed by atoms with Gasteiger partial charge in [-0.1, -0.05) is 42.5 Å². The van der Waals surface area contributed by atoms with E-state index in [4.69, 9.17) is 4.98 Å². The molecule has 2 heterocycles. The van der Waals surface area contributed by atoms with Gasteiger partial charge in [0.05, 0.1) is 17.0 Å². The molecule has 0 spiro atoms. The number of nitrogens with zero attached hydrogens (tertiary/aromatic N) is 4. The maximum atomic E-state index is 12.7. The Hall–Kier alpha value is -3.02. The molecule has 0 N–H and O–H groups in total. The Morgan fingerprint density at radius 2 is 1.79 bits per heavy atom. The van der Waals surface area contributed by atoms with Crippen LogP contribution in [0.4, 0.5) is 5.95 Å². The number of fused-ring (bicyclic) bond motifs is 1. The molecule has 1 aliphatic carbocycles. The minimum Gasteiger partial charge on any atom is -0.342 e. The fourth-order valence-electron chi connectivity index (χ4n) is 3.90. The maximum Gasteiger partial charge on any atom is 0.225 e. The van der Waals surface area contributed by atoms with Gasteiger partial charge in [-0.3, -0.25) is 9.59 Å². The van der Waals surface area contributed by atoms with Gasteiger partial charge in [0.25, 0.3) is 0 Å². The smallest absolute Gasteiger partial charge is 0.225 e. The van der Waals surface area contributed by atoms with E-state index in [1.165, 1.54) is 0 Å². The fraction of sp³-hybridized carbons (Fsp3) is 0.364. The molecule has 2 aliphatic rings. The molecule has 1 fully saturated rings. The Labute approximate surface area is 164 Å². The number of aryl methyl sites for hydroxylation is 1. The highest BCUT2D eigenvalue weighted by Crippen LogP contribution is 2.29. The molecule has 4 rings (SSSR count). The van der Waals surface area contributed by atoms with E-state index < -0.39 is 0 Å². The zero-order valence-electron chi connectivity index (χ0n) is 16.0. The van der Waals surface area contributed by atoms with E-state index in [0.29, 0.717) is 44.1 Å². The first-order chi connectivity index (χ1) is 13.6. The van der Waals surface area contributed by atoms with Gasteiger partial charge < -0.3 is 9.80 Å². The summed E-state index contributed by atoms with van der Waals surface area (Å²) in [6, 6.07) is 10.1. The lowest BCUT2D eigenvalue weighted by molar-refractivity contribution is -0.118. The molecule has 1 saturated heterocycles. The summed E-state index contributed by atoms with van der Waals surface area (Å²) in [6.45, 7) is 4.66. The van der Waals surface area contributed by atoms with Crippen molar-refractivity contribution < 1.29 is 9.59 Å². The standard InChI is InChI=1S/C22H24N4O2/c1-16-21-19(24-22(23-16)26-11-9-25(15-27)10-12-26)13-18(14-20(21)28)8-7-17-5-3-2-4-6-17/h2-8,15,18H,9-14H2,1H3/b8-7+/t18-/m0/s1. The van der Waals surface area contributed by atoms with Crippen LogP contribution in [-0.2, 0) is 11.2 Å². The van der Waals surface area contributed by atoms with E-state index in [0.717, 1.165) is 29.8 Å². The average molecular weight is 376 g/mol. The number of benzene rings is 1. The molecule has 0 unspecified atom stereocenters. The molecule has 1 atom stereocenters. The van der Waals surface area contributed by atoms with Crippen LogP contribution in [-0.4, -0.2) is 53.2 Å². The number of hydrogen-bond acceptors (Lipinski definition) is 5. The van der Waals surface area contributed by atoms with E-state index >= 15 is 0 Å². The summed E-state index contributed by atoms with van der Waals surface area (Å²) >= 11 is 0. The van der Waals surface area contributed by atoms with Crippen LogP contribution in [0.3, 0.4) is 0 Å². The zero-order valence-corrected chi connectivity index (χ0v) is 16.0. The molecule has 6 heteroatoms. The number of hydrogen-bond donors (Lipinski definition) is 0. The number of allylic oxidation sites excluding steroid dienone is 1. The zero-order chi connectivity index (χ0) is 19.5. The van der Waals surface area contributed by atoms with Crippen LogP contribution in [0.15, 0.2) is 36.4 Å². The summed E-state index contributed by atoms with van der Waals surface area (Å²) in [6.07, 6.45) is 6.33. The van der Waals surface area contributed by atoms with Crippen LogP contribution in [0.25, 0.3) is 6.08 Å². The van der Waals surface area contributed by atoms with Gasteiger partial charge in [0.2, 0.25) is 12.4 Å². The minimum absolute atomic E-state index is 0.124. The number of rotatable bonds is 4. The van der Waals surface area contributed by atoms with Crippen molar-refractivity contribution in [3.63, 3.8) is 0 Å². The second-order valence-electron chi connectivity index (χ2n) is 7.42. The molecule has 1 aliphatic heterocycles. The molecule has 0 radical (unpaired) electrons. The summed E-state index contributed by atoms with van der Waals surface area (Å²) in [5, 5.41) is 0. The number of anilines is 1. The predicted octanol–water partition coefficient (Wildman–Crippen LogP) is 2.52. The van der Waals surface area contributed by atoms with Crippen molar-refractivity contribution in [1.29, 1.82) is 0 Å². The Balaban J connectivity index is 1.55. The first kappa shape index (κ1) is 18.3. The molecule has 144 valence electrons. The monoisotopic (exact) mass is 376 g/mol. The molecule has 2 aromatic rings. The van der Waals surface area contributed by atoms with Crippen molar-refractivity contribution in [2.75, 3.05) is 31.1 Å². The van der Waals surface area contributed by atoms with Gasteiger partial charge in [-0.05, 0) is 24.8 Å². The number of aromatic nitrogens is 2. The predicted molar refractivity (Wildman–Crippen MR) is 108 cm³/mol. The third-order valence-corrected chi connectivity index (χ3v) is 5.44. The molecular weight excluding hydrogens is 352 g/mol. The SMILES string of the molecule is Cc1nc(N2CCN(C=O)CC2)nc2c1C(=O)C[C@@H](/C=C/c1ccccc1)C2. The number of Topliss-reactive ketones (excluding diaryl/α,β-unsaturated/α-hetero) is 1. The van der Waals surface area contributed by atoms with Crippen LogP contribution < -0.4 is 4.90 Å². The van der Waals surface area contributed by atoms with Crippen LogP contribution in [0.5, 0.6) is 0 Å². The van der Waals surface area contributed by atoms with E-state index in [1.807, 2.05) is 25.1 Å². The lowest BCUT2D eigenvalue weighted by Gasteiger charge is -2.33. The van der Waals surface area contributed by atoms with Crippen LogP contribution in [0.2, 0.25) is 0 Å². The van der Waals surface area contributed by atoms with Crippen molar-refractivity contribution in [2.24, 2.45) is 5.92 Å². The number of ketones is 1. The van der Waals surface area contributed by atoms with Crippen molar-refractivity contribution in [1.82, 2.24) is 14.9 Å². The van der Waals surface area contributed by atoms with E-state index in [9.17, 15) is 9.59 Å². The highest BCUT2D eigenvalue weighted by molar-refractivity contribution is 5.99. The van der Waals surface area contributed by atoms with Crippen molar-refractivity contribution in [3.8, 4) is 0 Å². The minimum atomic E-state index is 0.124. The van der Waals surface area contributed by atoms with Gasteiger partial charge in [0.15, 0.2) is 5.78 Å². The number of piperazine rings is 1. The van der Waals surface area contributed by atoms with Gasteiger partial charge >= 0.3 is 0 Å². The van der Waals surface area contributed by atoms with E-state index in [-0.39, 0.29) is 11.7 Å². The molecule has 1 aromatic heterocycles. The fourth-order valence-corrected chi connectivity index (χ4v) is 3.90. The number of amides is 1.